The minimum absolute atomic E-state index is 0.103. The summed E-state index contributed by atoms with van der Waals surface area (Å²) in [7, 11) is 0. The Bertz CT molecular complexity index is 454. The number of carbonyl (C=O) groups is 1. The van der Waals surface area contributed by atoms with Crippen LogP contribution in [0.1, 0.15) is 18.4 Å². The molecule has 0 aliphatic carbocycles. The molecule has 2 unspecified atom stereocenters. The standard InChI is InChI=1S/C15H18BrNOS/c16-9-11-4-3-7-17(10-11)15(18)14-8-12-5-1-2-6-13(12)19-14/h1-2,5-6,11,14H,3-4,7-10H2. The first-order valence-electron chi connectivity index (χ1n) is 6.87. The third-order valence-electron chi connectivity index (χ3n) is 3.97. The van der Waals surface area contributed by atoms with Gasteiger partial charge in [-0.25, -0.2) is 0 Å². The zero-order valence-corrected chi connectivity index (χ0v) is 13.3. The lowest BCUT2D eigenvalue weighted by Crippen LogP contribution is -2.44. The maximum atomic E-state index is 12.6. The molecule has 3 rings (SSSR count). The van der Waals surface area contributed by atoms with Gasteiger partial charge in [-0.15, -0.1) is 11.8 Å². The Balaban J connectivity index is 1.66. The average molecular weight is 340 g/mol. The first-order chi connectivity index (χ1) is 9.28. The number of halogens is 1. The maximum Gasteiger partial charge on any atom is 0.236 e. The topological polar surface area (TPSA) is 20.3 Å². The van der Waals surface area contributed by atoms with Crippen LogP contribution in [-0.4, -0.2) is 34.5 Å². The zero-order chi connectivity index (χ0) is 13.2. The van der Waals surface area contributed by atoms with Gasteiger partial charge in [-0.05, 0) is 36.8 Å². The smallest absolute Gasteiger partial charge is 0.236 e. The third-order valence-corrected chi connectivity index (χ3v) is 6.19. The van der Waals surface area contributed by atoms with Crippen molar-refractivity contribution in [3.05, 3.63) is 29.8 Å². The number of benzene rings is 1. The molecule has 102 valence electrons. The fourth-order valence-electron chi connectivity index (χ4n) is 2.91. The van der Waals surface area contributed by atoms with Crippen LogP contribution in [0, 0.1) is 5.92 Å². The van der Waals surface area contributed by atoms with Gasteiger partial charge in [0.1, 0.15) is 0 Å². The van der Waals surface area contributed by atoms with Crippen LogP contribution in [0.15, 0.2) is 29.2 Å². The largest absolute Gasteiger partial charge is 0.341 e. The normalized spacial score (nSPS) is 26.3. The SMILES string of the molecule is O=C(C1Cc2ccccc2S1)N1CCCC(CBr)C1. The summed E-state index contributed by atoms with van der Waals surface area (Å²) in [5.41, 5.74) is 1.33. The minimum atomic E-state index is 0.103. The number of alkyl halides is 1. The molecular weight excluding hydrogens is 322 g/mol. The highest BCUT2D eigenvalue weighted by molar-refractivity contribution is 9.09. The fraction of sp³-hybridized carbons (Fsp3) is 0.533. The van der Waals surface area contributed by atoms with Crippen LogP contribution in [0.3, 0.4) is 0 Å². The Morgan fingerprint density at radius 3 is 3.05 bits per heavy atom. The molecule has 2 nitrogen and oxygen atoms in total. The third kappa shape index (κ3) is 2.84. The van der Waals surface area contributed by atoms with Gasteiger partial charge in [-0.2, -0.15) is 0 Å². The van der Waals surface area contributed by atoms with Crippen LogP contribution in [0.4, 0.5) is 0 Å². The molecule has 2 aliphatic rings. The van der Waals surface area contributed by atoms with Crippen LogP contribution in [0.2, 0.25) is 0 Å². The van der Waals surface area contributed by atoms with Crippen molar-refractivity contribution in [2.24, 2.45) is 5.92 Å². The van der Waals surface area contributed by atoms with Crippen LogP contribution < -0.4 is 0 Å². The van der Waals surface area contributed by atoms with E-state index in [-0.39, 0.29) is 5.25 Å². The quantitative estimate of drug-likeness (QED) is 0.770. The van der Waals surface area contributed by atoms with Gasteiger partial charge in [0.2, 0.25) is 5.91 Å². The summed E-state index contributed by atoms with van der Waals surface area (Å²) in [5.74, 6) is 0.971. The first kappa shape index (κ1) is 13.5. The van der Waals surface area contributed by atoms with Crippen molar-refractivity contribution in [3.8, 4) is 0 Å². The molecule has 19 heavy (non-hydrogen) atoms. The van der Waals surface area contributed by atoms with Gasteiger partial charge in [0.15, 0.2) is 0 Å². The first-order valence-corrected chi connectivity index (χ1v) is 8.87. The molecule has 1 amide bonds. The van der Waals surface area contributed by atoms with Crippen LogP contribution in [0.5, 0.6) is 0 Å². The van der Waals surface area contributed by atoms with Crippen molar-refractivity contribution < 1.29 is 4.79 Å². The number of carbonyl (C=O) groups excluding carboxylic acids is 1. The van der Waals surface area contributed by atoms with Crippen LogP contribution >= 0.6 is 27.7 Å². The molecule has 2 aliphatic heterocycles. The molecule has 0 N–H and O–H groups in total. The van der Waals surface area contributed by atoms with Gasteiger partial charge in [-0.3, -0.25) is 4.79 Å². The van der Waals surface area contributed by atoms with Gasteiger partial charge < -0.3 is 4.90 Å². The van der Waals surface area contributed by atoms with Crippen molar-refractivity contribution in [1.82, 2.24) is 4.90 Å². The molecule has 1 saturated heterocycles. The average Bonchev–Trinajstić information content (AvgIpc) is 2.90. The summed E-state index contributed by atoms with van der Waals surface area (Å²) in [4.78, 5) is 16.0. The molecular formula is C15H18BrNOS. The number of rotatable bonds is 2. The van der Waals surface area contributed by atoms with E-state index in [1.165, 1.54) is 16.9 Å². The highest BCUT2D eigenvalue weighted by Crippen LogP contribution is 2.38. The second-order valence-electron chi connectivity index (χ2n) is 5.37. The number of fused-ring (bicyclic) bond motifs is 1. The molecule has 1 fully saturated rings. The van der Waals surface area contributed by atoms with Crippen LogP contribution in [-0.2, 0) is 11.2 Å². The predicted octanol–water partition coefficient (Wildman–Crippen LogP) is 3.34. The summed E-state index contributed by atoms with van der Waals surface area (Å²) < 4.78 is 0. The molecule has 2 heterocycles. The lowest BCUT2D eigenvalue weighted by Gasteiger charge is -2.33. The molecule has 0 bridgehead atoms. The summed E-state index contributed by atoms with van der Waals surface area (Å²) in [6, 6.07) is 8.40. The molecule has 4 heteroatoms. The van der Waals surface area contributed by atoms with E-state index in [2.05, 4.69) is 45.1 Å². The maximum absolute atomic E-state index is 12.6. The molecule has 2 atom stereocenters. The Morgan fingerprint density at radius 1 is 1.42 bits per heavy atom. The molecule has 0 saturated carbocycles. The van der Waals surface area contributed by atoms with Crippen molar-refractivity contribution >= 4 is 33.6 Å². The van der Waals surface area contributed by atoms with Gasteiger partial charge in [0.25, 0.3) is 0 Å². The van der Waals surface area contributed by atoms with E-state index < -0.39 is 0 Å². The van der Waals surface area contributed by atoms with E-state index in [0.29, 0.717) is 11.8 Å². The summed E-state index contributed by atoms with van der Waals surface area (Å²) >= 11 is 5.29. The Morgan fingerprint density at radius 2 is 2.26 bits per heavy atom. The number of hydrogen-bond acceptors (Lipinski definition) is 2. The van der Waals surface area contributed by atoms with Crippen molar-refractivity contribution in [2.75, 3.05) is 18.4 Å². The molecule has 0 spiro atoms. The second-order valence-corrected chi connectivity index (χ2v) is 7.26. The molecule has 1 aromatic carbocycles. The molecule has 0 radical (unpaired) electrons. The van der Waals surface area contributed by atoms with E-state index in [1.807, 2.05) is 0 Å². The Labute approximate surface area is 127 Å². The number of hydrogen-bond donors (Lipinski definition) is 0. The minimum Gasteiger partial charge on any atom is -0.341 e. The highest BCUT2D eigenvalue weighted by atomic mass is 79.9. The van der Waals surface area contributed by atoms with E-state index in [9.17, 15) is 4.79 Å². The zero-order valence-electron chi connectivity index (χ0n) is 10.8. The number of thioether (sulfide) groups is 1. The number of amides is 1. The monoisotopic (exact) mass is 339 g/mol. The van der Waals surface area contributed by atoms with Gasteiger partial charge in [0, 0.05) is 23.3 Å². The molecule has 1 aromatic rings. The molecule has 0 aromatic heterocycles. The summed E-state index contributed by atoms with van der Waals surface area (Å²) in [5, 5.41) is 1.11. The number of piperidine rings is 1. The summed E-state index contributed by atoms with van der Waals surface area (Å²) in [6.07, 6.45) is 3.29. The van der Waals surface area contributed by atoms with E-state index >= 15 is 0 Å². The predicted molar refractivity (Wildman–Crippen MR) is 82.9 cm³/mol. The lowest BCUT2D eigenvalue weighted by atomic mass is 9.99. The van der Waals surface area contributed by atoms with Crippen molar-refractivity contribution in [3.63, 3.8) is 0 Å². The Kier molecular flexibility index (Phi) is 4.18. The second kappa shape index (κ2) is 5.88. The van der Waals surface area contributed by atoms with Gasteiger partial charge >= 0.3 is 0 Å². The van der Waals surface area contributed by atoms with E-state index in [4.69, 9.17) is 0 Å². The van der Waals surface area contributed by atoms with Crippen LogP contribution in [0.25, 0.3) is 0 Å². The Hall–Kier alpha value is -0.480. The van der Waals surface area contributed by atoms with Crippen molar-refractivity contribution in [2.45, 2.75) is 29.4 Å². The summed E-state index contributed by atoms with van der Waals surface area (Å²) in [6.45, 7) is 1.87. The van der Waals surface area contributed by atoms with E-state index in [1.54, 1.807) is 11.8 Å². The highest BCUT2D eigenvalue weighted by Gasteiger charge is 2.33. The van der Waals surface area contributed by atoms with Gasteiger partial charge in [-0.1, -0.05) is 34.1 Å². The van der Waals surface area contributed by atoms with E-state index in [0.717, 1.165) is 31.3 Å². The lowest BCUT2D eigenvalue weighted by molar-refractivity contribution is -0.132. The number of nitrogens with zero attached hydrogens (tertiary/aromatic N) is 1. The van der Waals surface area contributed by atoms with Crippen molar-refractivity contribution in [1.29, 1.82) is 0 Å². The fourth-order valence-corrected chi connectivity index (χ4v) is 4.72. The number of likely N-dealkylation sites (tertiary alicyclic amines) is 1. The van der Waals surface area contributed by atoms with Gasteiger partial charge in [0.05, 0.1) is 5.25 Å².